The zero-order chi connectivity index (χ0) is 25.6. The number of ether oxygens (including phenoxy) is 7. The van der Waals surface area contributed by atoms with Crippen molar-refractivity contribution in [3.63, 3.8) is 0 Å². The minimum absolute atomic E-state index is 0.329. The first-order valence-corrected chi connectivity index (χ1v) is 11.0. The van der Waals surface area contributed by atoms with Crippen molar-refractivity contribution in [2.45, 2.75) is 58.2 Å². The van der Waals surface area contributed by atoms with Crippen LogP contribution in [0.3, 0.4) is 0 Å². The minimum Gasteiger partial charge on any atom is -0.496 e. The molecule has 2 rings (SSSR count). The standard InChI is InChI=1S/C22H27BrO11/c1-10(24)30-9-18-20(31-11(2)25)22(33-13(4)27)21(32-12(3)26)19(34-18)14-7-17(29-6)15(23)8-16(14)28-5/h7-8,18-22H,9H2,1-6H3/t18-,19+,20+,21+,22+/m1/s1. The molecule has 1 saturated heterocycles. The fourth-order valence-electron chi connectivity index (χ4n) is 3.59. The van der Waals surface area contributed by atoms with Gasteiger partial charge >= 0.3 is 23.9 Å². The highest BCUT2D eigenvalue weighted by atomic mass is 79.9. The van der Waals surface area contributed by atoms with Gasteiger partial charge in [0.2, 0.25) is 0 Å². The molecule has 1 aromatic rings. The zero-order valence-corrected chi connectivity index (χ0v) is 21.2. The van der Waals surface area contributed by atoms with Gasteiger partial charge in [-0.25, -0.2) is 0 Å². The summed E-state index contributed by atoms with van der Waals surface area (Å²) in [5.41, 5.74) is 0.389. The molecule has 1 aromatic carbocycles. The summed E-state index contributed by atoms with van der Waals surface area (Å²) in [7, 11) is 2.90. The van der Waals surface area contributed by atoms with Gasteiger partial charge in [-0.2, -0.15) is 0 Å². The predicted molar refractivity (Wildman–Crippen MR) is 118 cm³/mol. The number of hydrogen-bond acceptors (Lipinski definition) is 11. The van der Waals surface area contributed by atoms with E-state index in [2.05, 4.69) is 15.9 Å². The molecular weight excluding hydrogens is 520 g/mol. The average Bonchev–Trinajstić information content (AvgIpc) is 2.74. The molecule has 12 heteroatoms. The SMILES string of the molecule is COc1cc([C@@H]2O[C@H](COC(C)=O)[C@H](OC(C)=O)[C@H](OC(C)=O)[C@H]2OC(C)=O)c(OC)cc1Br. The van der Waals surface area contributed by atoms with E-state index < -0.39 is 54.4 Å². The van der Waals surface area contributed by atoms with Crippen LogP contribution in [0.25, 0.3) is 0 Å². The summed E-state index contributed by atoms with van der Waals surface area (Å²) in [5, 5.41) is 0. The first-order chi connectivity index (χ1) is 16.0. The monoisotopic (exact) mass is 546 g/mol. The number of esters is 4. The van der Waals surface area contributed by atoms with E-state index in [-0.39, 0.29) is 6.61 Å². The maximum atomic E-state index is 12.0. The molecule has 0 N–H and O–H groups in total. The molecule has 0 spiro atoms. The lowest BCUT2D eigenvalue weighted by Gasteiger charge is -2.44. The number of carbonyl (C=O) groups excluding carboxylic acids is 4. The Balaban J connectivity index is 2.69. The van der Waals surface area contributed by atoms with Crippen molar-refractivity contribution < 1.29 is 52.3 Å². The zero-order valence-electron chi connectivity index (χ0n) is 19.6. The first kappa shape index (κ1) is 27.4. The third-order valence-corrected chi connectivity index (χ3v) is 5.42. The molecule has 1 aliphatic rings. The van der Waals surface area contributed by atoms with Crippen molar-refractivity contribution in [2.24, 2.45) is 0 Å². The van der Waals surface area contributed by atoms with Crippen LogP contribution in [0.2, 0.25) is 0 Å². The van der Waals surface area contributed by atoms with Crippen LogP contribution in [-0.2, 0) is 42.9 Å². The second-order valence-corrected chi connectivity index (χ2v) is 8.20. The molecule has 188 valence electrons. The molecule has 0 unspecified atom stereocenters. The third kappa shape index (κ3) is 6.83. The second kappa shape index (κ2) is 12.0. The Morgan fingerprint density at radius 2 is 1.32 bits per heavy atom. The van der Waals surface area contributed by atoms with Gasteiger partial charge in [-0.15, -0.1) is 0 Å². The van der Waals surface area contributed by atoms with Gasteiger partial charge in [-0.05, 0) is 28.1 Å². The summed E-state index contributed by atoms with van der Waals surface area (Å²) in [4.78, 5) is 47.3. The third-order valence-electron chi connectivity index (χ3n) is 4.80. The minimum atomic E-state index is -1.29. The molecule has 1 fully saturated rings. The Morgan fingerprint density at radius 3 is 1.82 bits per heavy atom. The highest BCUT2D eigenvalue weighted by molar-refractivity contribution is 9.10. The summed E-state index contributed by atoms with van der Waals surface area (Å²) in [6, 6.07) is 3.23. The van der Waals surface area contributed by atoms with Gasteiger partial charge in [0.15, 0.2) is 18.3 Å². The predicted octanol–water partition coefficient (Wildman–Crippen LogP) is 2.26. The van der Waals surface area contributed by atoms with Crippen LogP contribution in [0.5, 0.6) is 11.5 Å². The van der Waals surface area contributed by atoms with Crippen LogP contribution < -0.4 is 9.47 Å². The average molecular weight is 547 g/mol. The normalized spacial score (nSPS) is 23.9. The summed E-state index contributed by atoms with van der Waals surface area (Å²) in [6.45, 7) is 4.36. The van der Waals surface area contributed by atoms with Crippen molar-refractivity contribution in [2.75, 3.05) is 20.8 Å². The molecule has 11 nitrogen and oxygen atoms in total. The van der Waals surface area contributed by atoms with Gasteiger partial charge in [0.1, 0.15) is 30.3 Å². The van der Waals surface area contributed by atoms with Crippen molar-refractivity contribution in [1.82, 2.24) is 0 Å². The molecule has 34 heavy (non-hydrogen) atoms. The Morgan fingerprint density at radius 1 is 0.794 bits per heavy atom. The van der Waals surface area contributed by atoms with Gasteiger partial charge in [-0.1, -0.05) is 0 Å². The van der Waals surface area contributed by atoms with Crippen molar-refractivity contribution in [1.29, 1.82) is 0 Å². The molecule has 0 radical (unpaired) electrons. The fraction of sp³-hybridized carbons (Fsp3) is 0.545. The van der Waals surface area contributed by atoms with E-state index in [0.717, 1.165) is 13.8 Å². The van der Waals surface area contributed by atoms with Gasteiger partial charge in [0.05, 0.1) is 18.7 Å². The van der Waals surface area contributed by atoms with Crippen LogP contribution in [0.4, 0.5) is 0 Å². The number of hydrogen-bond donors (Lipinski definition) is 0. The van der Waals surface area contributed by atoms with Crippen LogP contribution in [0, 0.1) is 0 Å². The maximum Gasteiger partial charge on any atom is 0.303 e. The topological polar surface area (TPSA) is 133 Å². The molecule has 1 aliphatic heterocycles. The van der Waals surface area contributed by atoms with E-state index in [1.165, 1.54) is 28.1 Å². The molecular formula is C22H27BrO11. The number of halogens is 1. The maximum absolute atomic E-state index is 12.0. The largest absolute Gasteiger partial charge is 0.496 e. The molecule has 0 amide bonds. The highest BCUT2D eigenvalue weighted by Crippen LogP contribution is 2.44. The first-order valence-electron chi connectivity index (χ1n) is 10.2. The molecule has 5 atom stereocenters. The fourth-order valence-corrected chi connectivity index (χ4v) is 4.07. The number of rotatable bonds is 8. The van der Waals surface area contributed by atoms with Crippen LogP contribution in [-0.4, -0.2) is 69.1 Å². The lowest BCUT2D eigenvalue weighted by Crippen LogP contribution is -2.59. The van der Waals surface area contributed by atoms with Crippen molar-refractivity contribution in [3.8, 4) is 11.5 Å². The number of methoxy groups -OCH3 is 2. The summed E-state index contributed by atoms with van der Waals surface area (Å²) in [6.07, 6.45) is -5.95. The smallest absolute Gasteiger partial charge is 0.303 e. The Kier molecular flexibility index (Phi) is 9.68. The molecule has 1 heterocycles. The van der Waals surface area contributed by atoms with Gasteiger partial charge < -0.3 is 33.2 Å². The van der Waals surface area contributed by atoms with Crippen molar-refractivity contribution in [3.05, 3.63) is 22.2 Å². The van der Waals surface area contributed by atoms with Crippen LogP contribution >= 0.6 is 15.9 Å². The molecule has 0 saturated carbocycles. The van der Waals surface area contributed by atoms with E-state index in [1.807, 2.05) is 0 Å². The summed E-state index contributed by atoms with van der Waals surface area (Å²) < 4.78 is 39.1. The van der Waals surface area contributed by atoms with Crippen LogP contribution in [0.1, 0.15) is 39.4 Å². The number of carbonyl (C=O) groups is 4. The second-order valence-electron chi connectivity index (χ2n) is 7.35. The van der Waals surface area contributed by atoms with Gasteiger partial charge in [-0.3, -0.25) is 19.2 Å². The Bertz CT molecular complexity index is 932. The number of benzene rings is 1. The summed E-state index contributed by atoms with van der Waals surface area (Å²) >= 11 is 3.38. The molecule has 0 aromatic heterocycles. The van der Waals surface area contributed by atoms with Gasteiger partial charge in [0.25, 0.3) is 0 Å². The highest BCUT2D eigenvalue weighted by Gasteiger charge is 2.53. The van der Waals surface area contributed by atoms with E-state index >= 15 is 0 Å². The quantitative estimate of drug-likeness (QED) is 0.351. The Labute approximate surface area is 205 Å². The van der Waals surface area contributed by atoms with E-state index in [0.29, 0.717) is 21.5 Å². The lowest BCUT2D eigenvalue weighted by molar-refractivity contribution is -0.254. The van der Waals surface area contributed by atoms with Crippen LogP contribution in [0.15, 0.2) is 16.6 Å². The van der Waals surface area contributed by atoms with E-state index in [9.17, 15) is 19.2 Å². The van der Waals surface area contributed by atoms with Crippen molar-refractivity contribution >= 4 is 39.8 Å². The molecule has 0 aliphatic carbocycles. The summed E-state index contributed by atoms with van der Waals surface area (Å²) in [5.74, 6) is -1.96. The molecule has 0 bridgehead atoms. The Hall–Kier alpha value is -2.86. The van der Waals surface area contributed by atoms with E-state index in [4.69, 9.17) is 33.2 Å². The van der Waals surface area contributed by atoms with E-state index in [1.54, 1.807) is 12.1 Å². The van der Waals surface area contributed by atoms with Gasteiger partial charge in [0, 0.05) is 33.3 Å². The lowest BCUT2D eigenvalue weighted by atomic mass is 9.90.